The molecule has 0 aliphatic heterocycles. The normalized spacial score (nSPS) is 9.25. The summed E-state index contributed by atoms with van der Waals surface area (Å²) in [5.41, 5.74) is 1.29. The fourth-order valence-electron chi connectivity index (χ4n) is 0. The largest absolute Gasteiger partial charge is 0.0921 e. The van der Waals surface area contributed by atoms with Crippen molar-refractivity contribution in [1.29, 1.82) is 0 Å². The van der Waals surface area contributed by atoms with Crippen LogP contribution in [0.5, 0.6) is 0 Å². The van der Waals surface area contributed by atoms with Crippen molar-refractivity contribution < 1.29 is 0 Å². The van der Waals surface area contributed by atoms with E-state index in [4.69, 9.17) is 11.6 Å². The zero-order chi connectivity index (χ0) is 3.41. The van der Waals surface area contributed by atoms with E-state index in [1.165, 1.54) is 10.9 Å². The minimum absolute atomic E-state index is 1.29. The van der Waals surface area contributed by atoms with Crippen LogP contribution < -0.4 is 0 Å². The second kappa shape index (κ2) is 3.25. The Kier molecular flexibility index (Phi) is 3.45. The van der Waals surface area contributed by atoms with Crippen LogP contribution in [-0.2, 0) is 0 Å². The van der Waals surface area contributed by atoms with Crippen LogP contribution in [0.1, 0.15) is 0 Å². The van der Waals surface area contributed by atoms with E-state index in [9.17, 15) is 0 Å². The number of halogens is 1. The van der Waals surface area contributed by atoms with E-state index < -0.39 is 0 Å². The maximum Gasteiger partial charge on any atom is 0.0150 e. The molecule has 0 bridgehead atoms. The summed E-state index contributed by atoms with van der Waals surface area (Å²) in [6.45, 7) is 0. The summed E-state index contributed by atoms with van der Waals surface area (Å²) in [4.78, 5) is 0. The Morgan fingerprint density at radius 1 is 1.75 bits per heavy atom. The highest BCUT2D eigenvalue weighted by Gasteiger charge is 1.40. The predicted molar refractivity (Wildman–Crippen MR) is 22.6 cm³/mol. The highest BCUT2D eigenvalue weighted by molar-refractivity contribution is 7.83. The minimum atomic E-state index is 1.29. The molecule has 0 saturated carbocycles. The van der Waals surface area contributed by atoms with Gasteiger partial charge in [0.1, 0.15) is 0 Å². The van der Waals surface area contributed by atoms with E-state index in [-0.39, 0.29) is 0 Å². The van der Waals surface area contributed by atoms with Crippen molar-refractivity contribution in [2.45, 2.75) is 0 Å². The van der Waals surface area contributed by atoms with Gasteiger partial charge in [0.25, 0.3) is 0 Å². The van der Waals surface area contributed by atoms with E-state index in [2.05, 4.69) is 12.6 Å². The molecule has 0 atom stereocenters. The Balaban J connectivity index is 2.55. The monoisotopic (exact) mass is 93.0 g/mol. The summed E-state index contributed by atoms with van der Waals surface area (Å²) < 4.78 is 0. The molecule has 0 rings (SSSR count). The smallest absolute Gasteiger partial charge is 0.0150 e. The highest BCUT2D eigenvalue weighted by Crippen LogP contribution is 1.77. The molecule has 0 fully saturated rings. The van der Waals surface area contributed by atoms with Crippen LogP contribution in [0.3, 0.4) is 0 Å². The molecule has 0 saturated heterocycles. The van der Waals surface area contributed by atoms with Crippen molar-refractivity contribution in [3.63, 3.8) is 0 Å². The average Bonchev–Trinajstić information content (AvgIpc) is 1.37. The van der Waals surface area contributed by atoms with Gasteiger partial charge >= 0.3 is 0 Å². The van der Waals surface area contributed by atoms with Crippen LogP contribution >= 0.6 is 24.2 Å². The molecule has 2 heteroatoms. The lowest BCUT2D eigenvalue weighted by molar-refractivity contribution is 2.55. The van der Waals surface area contributed by atoms with Crippen molar-refractivity contribution in [3.05, 3.63) is 10.9 Å². The third-order valence-corrected chi connectivity index (χ3v) is 0.463. The standard InChI is InChI=1S/C2H2ClS/c3-1-2-4/h1-2H/b2-1+. The lowest BCUT2D eigenvalue weighted by Gasteiger charge is -1.44. The second-order valence-electron chi connectivity index (χ2n) is 0.262. The molecule has 0 heterocycles. The van der Waals surface area contributed by atoms with Gasteiger partial charge in [-0.25, -0.2) is 0 Å². The van der Waals surface area contributed by atoms with Crippen molar-refractivity contribution >= 4 is 24.2 Å². The molecular formula is C2H2ClS. The fourth-order valence-corrected chi connectivity index (χ4v) is 0. The molecule has 0 aromatic heterocycles. The third kappa shape index (κ3) is 2.25. The van der Waals surface area contributed by atoms with Gasteiger partial charge in [-0.15, -0.1) is 0 Å². The zero-order valence-electron chi connectivity index (χ0n) is 1.94. The van der Waals surface area contributed by atoms with Crippen LogP contribution in [0, 0.1) is 0 Å². The summed E-state index contributed by atoms with van der Waals surface area (Å²) in [6, 6.07) is 0. The first kappa shape index (κ1) is 4.25. The molecule has 0 spiro atoms. The average molecular weight is 93.6 g/mol. The maximum atomic E-state index is 4.90. The summed E-state index contributed by atoms with van der Waals surface area (Å²) in [7, 11) is 0. The third-order valence-electron chi connectivity index (χ3n) is 0.0514. The van der Waals surface area contributed by atoms with Crippen molar-refractivity contribution in [3.8, 4) is 0 Å². The molecule has 4 heavy (non-hydrogen) atoms. The Morgan fingerprint density at radius 2 is 2.00 bits per heavy atom. The van der Waals surface area contributed by atoms with Gasteiger partial charge in [-0.2, -0.15) is 0 Å². The van der Waals surface area contributed by atoms with Crippen LogP contribution in [0.4, 0.5) is 0 Å². The van der Waals surface area contributed by atoms with Gasteiger partial charge in [0.2, 0.25) is 0 Å². The summed E-state index contributed by atoms with van der Waals surface area (Å²) in [5.74, 6) is 0. The molecule has 0 N–H and O–H groups in total. The molecule has 0 nitrogen and oxygen atoms in total. The summed E-state index contributed by atoms with van der Waals surface area (Å²) in [5, 5.41) is 1.35. The number of rotatable bonds is 0. The van der Waals surface area contributed by atoms with E-state index in [0.717, 1.165) is 0 Å². The Labute approximate surface area is 35.9 Å². The van der Waals surface area contributed by atoms with Crippen molar-refractivity contribution in [2.24, 2.45) is 0 Å². The van der Waals surface area contributed by atoms with Gasteiger partial charge in [0, 0.05) is 10.9 Å². The first-order valence-electron chi connectivity index (χ1n) is 0.787. The second-order valence-corrected chi connectivity index (χ2v) is 0.786. The quantitative estimate of drug-likeness (QED) is 0.429. The first-order chi connectivity index (χ1) is 1.91. The van der Waals surface area contributed by atoms with Crippen LogP contribution in [-0.4, -0.2) is 0 Å². The Morgan fingerprint density at radius 3 is 2.00 bits per heavy atom. The Hall–Kier alpha value is 0.250. The van der Waals surface area contributed by atoms with Crippen LogP contribution in [0.15, 0.2) is 10.9 Å². The molecule has 0 aromatic carbocycles. The molecular weight excluding hydrogens is 91.5 g/mol. The summed E-state index contributed by atoms with van der Waals surface area (Å²) >= 11 is 9.14. The van der Waals surface area contributed by atoms with Gasteiger partial charge in [-0.3, -0.25) is 0 Å². The predicted octanol–water partition coefficient (Wildman–Crippen LogP) is 1.89. The fraction of sp³-hybridized carbons (Fsp3) is 0. The number of hydrogen-bond donors (Lipinski definition) is 0. The van der Waals surface area contributed by atoms with Gasteiger partial charge in [0.15, 0.2) is 0 Å². The topological polar surface area (TPSA) is 0 Å². The highest BCUT2D eigenvalue weighted by atomic mass is 35.5. The molecule has 23 valence electrons. The molecule has 0 aliphatic rings. The molecule has 1 radical (unpaired) electrons. The van der Waals surface area contributed by atoms with E-state index in [0.29, 0.717) is 0 Å². The minimum Gasteiger partial charge on any atom is -0.0921 e. The van der Waals surface area contributed by atoms with Crippen LogP contribution in [0.2, 0.25) is 0 Å². The van der Waals surface area contributed by atoms with Gasteiger partial charge < -0.3 is 0 Å². The SMILES string of the molecule is [S]/C=C/Cl. The van der Waals surface area contributed by atoms with E-state index in [1.54, 1.807) is 0 Å². The molecule has 0 aromatic rings. The van der Waals surface area contributed by atoms with E-state index >= 15 is 0 Å². The summed E-state index contributed by atoms with van der Waals surface area (Å²) in [6.07, 6.45) is 0. The zero-order valence-corrected chi connectivity index (χ0v) is 3.51. The molecule has 0 amide bonds. The number of hydrogen-bond acceptors (Lipinski definition) is 0. The lowest BCUT2D eigenvalue weighted by Crippen LogP contribution is -1.11. The molecule has 0 aliphatic carbocycles. The maximum absolute atomic E-state index is 4.90. The lowest BCUT2D eigenvalue weighted by atomic mass is 11.3. The van der Waals surface area contributed by atoms with Gasteiger partial charge in [-0.1, -0.05) is 24.2 Å². The van der Waals surface area contributed by atoms with Gasteiger partial charge in [0.05, 0.1) is 0 Å². The molecule has 0 unspecified atom stereocenters. The Bertz CT molecular complexity index is 21.2. The first-order valence-corrected chi connectivity index (χ1v) is 1.70. The van der Waals surface area contributed by atoms with Gasteiger partial charge in [-0.05, 0) is 0 Å². The van der Waals surface area contributed by atoms with Crippen LogP contribution in [0.25, 0.3) is 0 Å². The van der Waals surface area contributed by atoms with Crippen molar-refractivity contribution in [2.75, 3.05) is 0 Å². The van der Waals surface area contributed by atoms with Crippen molar-refractivity contribution in [1.82, 2.24) is 0 Å². The van der Waals surface area contributed by atoms with E-state index in [1.807, 2.05) is 0 Å².